The number of hydrogen-bond acceptors (Lipinski definition) is 4. The molecule has 0 aromatic heterocycles. The highest BCUT2D eigenvalue weighted by Crippen LogP contribution is 2.39. The molecule has 5 nitrogen and oxygen atoms in total. The van der Waals surface area contributed by atoms with Crippen LogP contribution >= 0.6 is 27.5 Å². The Hall–Kier alpha value is -2.96. The highest BCUT2D eigenvalue weighted by Gasteiger charge is 2.34. The molecule has 0 unspecified atom stereocenters. The second kappa shape index (κ2) is 6.89. The van der Waals surface area contributed by atoms with Crippen molar-refractivity contribution >= 4 is 56.4 Å². The quantitative estimate of drug-likeness (QED) is 0.428. The minimum Gasteiger partial charge on any atom is -0.397 e. The summed E-state index contributed by atoms with van der Waals surface area (Å²) in [6.45, 7) is 0. The maximum atomic E-state index is 13.1. The van der Waals surface area contributed by atoms with Gasteiger partial charge >= 0.3 is 0 Å². The molecular weight excluding hydrogens is 444 g/mol. The molecule has 7 heteroatoms. The Kier molecular flexibility index (Phi) is 4.53. The average Bonchev–Trinajstić information content (AvgIpc) is 2.69. The van der Waals surface area contributed by atoms with Crippen LogP contribution in [0.4, 0.5) is 11.4 Å². The Morgan fingerprint density at radius 1 is 0.929 bits per heavy atom. The van der Waals surface area contributed by atoms with Crippen LogP contribution in [-0.4, -0.2) is 17.5 Å². The molecular formula is C21H12BrClN2O3. The van der Waals surface area contributed by atoms with Crippen molar-refractivity contribution in [2.75, 3.05) is 11.1 Å². The molecule has 3 N–H and O–H groups in total. The number of carbonyl (C=O) groups is 3. The zero-order chi connectivity index (χ0) is 20.0. The summed E-state index contributed by atoms with van der Waals surface area (Å²) in [7, 11) is 0. The minimum absolute atomic E-state index is 0.0739. The van der Waals surface area contributed by atoms with E-state index in [2.05, 4.69) is 21.2 Å². The molecule has 138 valence electrons. The SMILES string of the molecule is Nc1c(Br)cc(NC(=O)c2ccccc2Cl)c2c1C(=O)c1ccccc1C2=O. The molecule has 0 radical (unpaired) electrons. The summed E-state index contributed by atoms with van der Waals surface area (Å²) < 4.78 is 0.404. The van der Waals surface area contributed by atoms with Gasteiger partial charge in [-0.2, -0.15) is 0 Å². The fraction of sp³-hybridized carbons (Fsp3) is 0. The normalized spacial score (nSPS) is 12.4. The van der Waals surface area contributed by atoms with E-state index in [0.717, 1.165) is 0 Å². The molecule has 1 aliphatic rings. The lowest BCUT2D eigenvalue weighted by Crippen LogP contribution is -2.25. The van der Waals surface area contributed by atoms with Gasteiger partial charge in [-0.15, -0.1) is 0 Å². The summed E-state index contributed by atoms with van der Waals surface area (Å²) in [5, 5.41) is 2.97. The molecule has 0 fully saturated rings. The number of benzene rings is 3. The number of hydrogen-bond donors (Lipinski definition) is 2. The lowest BCUT2D eigenvalue weighted by molar-refractivity contribution is 0.0979. The Morgan fingerprint density at radius 2 is 1.50 bits per heavy atom. The van der Waals surface area contributed by atoms with Crippen LogP contribution < -0.4 is 11.1 Å². The second-order valence-electron chi connectivity index (χ2n) is 6.21. The van der Waals surface area contributed by atoms with E-state index in [0.29, 0.717) is 4.47 Å². The fourth-order valence-corrected chi connectivity index (χ4v) is 3.87. The Morgan fingerprint density at radius 3 is 2.14 bits per heavy atom. The van der Waals surface area contributed by atoms with Gasteiger partial charge in [0.2, 0.25) is 0 Å². The summed E-state index contributed by atoms with van der Waals surface area (Å²) >= 11 is 9.40. The van der Waals surface area contributed by atoms with Gasteiger partial charge in [0, 0.05) is 15.6 Å². The molecule has 0 aliphatic heterocycles. The lowest BCUT2D eigenvalue weighted by Gasteiger charge is -2.23. The monoisotopic (exact) mass is 454 g/mol. The van der Waals surface area contributed by atoms with Crippen molar-refractivity contribution in [3.8, 4) is 0 Å². The predicted molar refractivity (Wildman–Crippen MR) is 111 cm³/mol. The molecule has 0 heterocycles. The summed E-state index contributed by atoms with van der Waals surface area (Å²) in [5.41, 5.74) is 7.39. The Balaban J connectivity index is 1.88. The summed E-state index contributed by atoms with van der Waals surface area (Å²) in [6, 6.07) is 14.6. The first-order valence-electron chi connectivity index (χ1n) is 8.26. The van der Waals surface area contributed by atoms with Crippen LogP contribution in [0.1, 0.15) is 42.2 Å². The number of ketones is 2. The van der Waals surface area contributed by atoms with E-state index in [9.17, 15) is 14.4 Å². The molecule has 1 aliphatic carbocycles. The highest BCUT2D eigenvalue weighted by molar-refractivity contribution is 9.10. The minimum atomic E-state index is -0.497. The number of carbonyl (C=O) groups excluding carboxylic acids is 3. The van der Waals surface area contributed by atoms with Crippen LogP contribution in [0, 0.1) is 0 Å². The molecule has 4 rings (SSSR count). The molecule has 28 heavy (non-hydrogen) atoms. The van der Waals surface area contributed by atoms with E-state index in [4.69, 9.17) is 17.3 Å². The number of rotatable bonds is 2. The van der Waals surface area contributed by atoms with E-state index in [-0.39, 0.29) is 55.8 Å². The fourth-order valence-electron chi connectivity index (χ4n) is 3.22. The topological polar surface area (TPSA) is 89.3 Å². The smallest absolute Gasteiger partial charge is 0.257 e. The highest BCUT2D eigenvalue weighted by atomic mass is 79.9. The first kappa shape index (κ1) is 18.4. The molecule has 3 aromatic rings. The van der Waals surface area contributed by atoms with Crippen LogP contribution in [0.5, 0.6) is 0 Å². The van der Waals surface area contributed by atoms with E-state index in [1.54, 1.807) is 48.5 Å². The van der Waals surface area contributed by atoms with Crippen LogP contribution in [0.2, 0.25) is 5.02 Å². The van der Waals surface area contributed by atoms with E-state index < -0.39 is 5.91 Å². The van der Waals surface area contributed by atoms with Gasteiger partial charge in [0.15, 0.2) is 11.6 Å². The molecule has 3 aromatic carbocycles. The maximum absolute atomic E-state index is 13.1. The Bertz CT molecular complexity index is 1190. The maximum Gasteiger partial charge on any atom is 0.257 e. The van der Waals surface area contributed by atoms with Crippen molar-refractivity contribution in [2.24, 2.45) is 0 Å². The first-order valence-corrected chi connectivity index (χ1v) is 9.43. The third-order valence-electron chi connectivity index (χ3n) is 4.55. The summed E-state index contributed by atoms with van der Waals surface area (Å²) in [5.74, 6) is -1.24. The molecule has 0 saturated carbocycles. The van der Waals surface area contributed by atoms with Gasteiger partial charge in [-0.25, -0.2) is 0 Å². The zero-order valence-corrected chi connectivity index (χ0v) is 16.6. The van der Waals surface area contributed by atoms with Crippen molar-refractivity contribution in [2.45, 2.75) is 0 Å². The van der Waals surface area contributed by atoms with Crippen LogP contribution in [0.3, 0.4) is 0 Å². The molecule has 0 saturated heterocycles. The Labute approximate surface area is 173 Å². The average molecular weight is 456 g/mol. The summed E-state index contributed by atoms with van der Waals surface area (Å²) in [4.78, 5) is 38.8. The largest absolute Gasteiger partial charge is 0.397 e. The van der Waals surface area contributed by atoms with Crippen molar-refractivity contribution in [1.82, 2.24) is 0 Å². The van der Waals surface area contributed by atoms with Gasteiger partial charge in [0.1, 0.15) is 0 Å². The van der Waals surface area contributed by atoms with Gasteiger partial charge in [-0.1, -0.05) is 48.0 Å². The van der Waals surface area contributed by atoms with Crippen LogP contribution in [0.15, 0.2) is 59.1 Å². The van der Waals surface area contributed by atoms with E-state index >= 15 is 0 Å². The number of nitrogens with two attached hydrogens (primary N) is 1. The van der Waals surface area contributed by atoms with Crippen LogP contribution in [0.25, 0.3) is 0 Å². The molecule has 0 bridgehead atoms. The van der Waals surface area contributed by atoms with Crippen molar-refractivity contribution in [3.05, 3.63) is 91.9 Å². The van der Waals surface area contributed by atoms with Gasteiger partial charge in [-0.3, -0.25) is 14.4 Å². The number of anilines is 2. The van der Waals surface area contributed by atoms with Crippen LogP contribution in [-0.2, 0) is 0 Å². The van der Waals surface area contributed by atoms with Crippen molar-refractivity contribution in [3.63, 3.8) is 0 Å². The van der Waals surface area contributed by atoms with Crippen molar-refractivity contribution in [1.29, 1.82) is 0 Å². The summed E-state index contributed by atoms with van der Waals surface area (Å²) in [6.07, 6.45) is 0. The van der Waals surface area contributed by atoms with Gasteiger partial charge in [0.25, 0.3) is 5.91 Å². The molecule has 0 spiro atoms. The number of amides is 1. The standard InChI is InChI=1S/C21H12BrClN2O3/c22-13-9-15(25-21(28)12-7-3-4-8-14(12)23)16-17(18(13)24)20(27)11-6-2-1-5-10(11)19(16)26/h1-9H,24H2,(H,25,28). The number of halogens is 2. The number of fused-ring (bicyclic) bond motifs is 2. The number of nitrogen functional groups attached to an aromatic ring is 1. The second-order valence-corrected chi connectivity index (χ2v) is 7.47. The molecule has 0 atom stereocenters. The third-order valence-corrected chi connectivity index (χ3v) is 5.54. The van der Waals surface area contributed by atoms with Gasteiger partial charge in [-0.05, 0) is 34.1 Å². The van der Waals surface area contributed by atoms with E-state index in [1.165, 1.54) is 6.07 Å². The number of nitrogens with one attached hydrogen (secondary N) is 1. The van der Waals surface area contributed by atoms with Gasteiger partial charge < -0.3 is 11.1 Å². The first-order chi connectivity index (χ1) is 13.4. The predicted octanol–water partition coefficient (Wildman–Crippen LogP) is 4.71. The zero-order valence-electron chi connectivity index (χ0n) is 14.3. The molecule has 1 amide bonds. The van der Waals surface area contributed by atoms with E-state index in [1.807, 2.05) is 0 Å². The third kappa shape index (κ3) is 2.82. The lowest BCUT2D eigenvalue weighted by atomic mass is 9.82. The van der Waals surface area contributed by atoms with Gasteiger partial charge in [0.05, 0.1) is 33.1 Å². The van der Waals surface area contributed by atoms with Crippen molar-refractivity contribution < 1.29 is 14.4 Å².